The molecule has 8 rings (SSSR count). The fourth-order valence-corrected chi connectivity index (χ4v) is 8.31. The Hall–Kier alpha value is -3.25. The molecule has 37 heavy (non-hydrogen) atoms. The summed E-state index contributed by atoms with van der Waals surface area (Å²) in [7, 11) is 0. The zero-order valence-electron chi connectivity index (χ0n) is 20.6. The first-order chi connectivity index (χ1) is 17.9. The van der Waals surface area contributed by atoms with Gasteiger partial charge in [-0.05, 0) is 59.2 Å². The molecule has 0 unspecified atom stereocenters. The lowest BCUT2D eigenvalue weighted by Crippen LogP contribution is -2.50. The lowest BCUT2D eigenvalue weighted by atomic mass is 9.55. The number of carbonyl (C=O) groups is 3. The van der Waals surface area contributed by atoms with Crippen molar-refractivity contribution in [1.82, 2.24) is 4.90 Å². The molecular weight excluding hydrogens is 528 g/mol. The second-order valence-electron chi connectivity index (χ2n) is 10.9. The first kappa shape index (κ1) is 22.9. The van der Waals surface area contributed by atoms with Crippen LogP contribution in [-0.4, -0.2) is 35.7 Å². The number of anilines is 1. The number of hydrogen-bond donors (Lipinski definition) is 0. The minimum Gasteiger partial charge on any atom is -0.339 e. The van der Waals surface area contributed by atoms with Crippen LogP contribution in [0.1, 0.15) is 58.3 Å². The van der Waals surface area contributed by atoms with Gasteiger partial charge in [0, 0.05) is 24.6 Å². The summed E-state index contributed by atoms with van der Waals surface area (Å²) in [5.41, 5.74) is 5.32. The van der Waals surface area contributed by atoms with Crippen LogP contribution < -0.4 is 4.90 Å². The number of amides is 3. The monoisotopic (exact) mass is 554 g/mol. The largest absolute Gasteiger partial charge is 0.339 e. The standard InChI is InChI=1S/C31H27BrN2O3/c1-18-13-15-33(16-14-18)28(35)19-7-6-8-20(17-19)34-29(36)26-25-21-9-2-4-11-23(21)31(32,27(26)30(34)37)24-12-5-3-10-22(24)25/h2-12,17-18,25-27H,13-16H2,1H3/t25?,26-,27+,31?/m1/s1. The zero-order chi connectivity index (χ0) is 25.5. The molecule has 5 aliphatic rings. The molecule has 3 amide bonds. The highest BCUT2D eigenvalue weighted by Crippen LogP contribution is 2.66. The van der Waals surface area contributed by atoms with Gasteiger partial charge in [0.05, 0.1) is 21.8 Å². The van der Waals surface area contributed by atoms with Gasteiger partial charge in [-0.15, -0.1) is 0 Å². The third-order valence-corrected chi connectivity index (χ3v) is 10.3. The molecule has 5 nitrogen and oxygen atoms in total. The average molecular weight is 555 g/mol. The minimum absolute atomic E-state index is 0.0397. The van der Waals surface area contributed by atoms with Crippen LogP contribution in [0, 0.1) is 17.8 Å². The maximum atomic E-state index is 14.2. The Kier molecular flexibility index (Phi) is 5.03. The van der Waals surface area contributed by atoms with Crippen molar-refractivity contribution in [2.45, 2.75) is 30.0 Å². The first-order valence-corrected chi connectivity index (χ1v) is 13.9. The molecule has 6 heteroatoms. The molecule has 2 saturated heterocycles. The van der Waals surface area contributed by atoms with E-state index in [1.54, 1.807) is 24.3 Å². The lowest BCUT2D eigenvalue weighted by Gasteiger charge is -2.51. The van der Waals surface area contributed by atoms with Crippen molar-refractivity contribution >= 4 is 39.3 Å². The van der Waals surface area contributed by atoms with Gasteiger partial charge in [0.25, 0.3) is 5.91 Å². The highest BCUT2D eigenvalue weighted by Gasteiger charge is 2.67. The highest BCUT2D eigenvalue weighted by atomic mass is 79.9. The molecule has 0 N–H and O–H groups in total. The second kappa shape index (κ2) is 8.12. The molecule has 2 aliphatic heterocycles. The molecule has 186 valence electrons. The molecule has 0 aromatic heterocycles. The number of rotatable bonds is 2. The van der Waals surface area contributed by atoms with Crippen molar-refractivity contribution in [2.24, 2.45) is 17.8 Å². The Bertz CT molecular complexity index is 1430. The van der Waals surface area contributed by atoms with E-state index in [0.717, 1.165) is 48.2 Å². The maximum absolute atomic E-state index is 14.2. The van der Waals surface area contributed by atoms with Crippen LogP contribution in [0.5, 0.6) is 0 Å². The van der Waals surface area contributed by atoms with E-state index in [0.29, 0.717) is 17.2 Å². The van der Waals surface area contributed by atoms with Crippen LogP contribution in [0.4, 0.5) is 5.69 Å². The van der Waals surface area contributed by atoms with E-state index < -0.39 is 16.2 Å². The summed E-state index contributed by atoms with van der Waals surface area (Å²) in [5, 5.41) is 0. The zero-order valence-corrected chi connectivity index (χ0v) is 22.1. The predicted molar refractivity (Wildman–Crippen MR) is 145 cm³/mol. The fourth-order valence-electron chi connectivity index (χ4n) is 7.11. The fraction of sp³-hybridized carbons (Fsp3) is 0.323. The number of piperidine rings is 1. The van der Waals surface area contributed by atoms with E-state index in [2.05, 4.69) is 47.1 Å². The normalized spacial score (nSPS) is 28.2. The van der Waals surface area contributed by atoms with Crippen LogP contribution in [0.25, 0.3) is 0 Å². The minimum atomic E-state index is -0.779. The van der Waals surface area contributed by atoms with Crippen molar-refractivity contribution < 1.29 is 14.4 Å². The highest BCUT2D eigenvalue weighted by molar-refractivity contribution is 9.09. The van der Waals surface area contributed by atoms with Gasteiger partial charge >= 0.3 is 0 Å². The molecule has 2 heterocycles. The number of hydrogen-bond acceptors (Lipinski definition) is 3. The predicted octanol–water partition coefficient (Wildman–Crippen LogP) is 5.46. The van der Waals surface area contributed by atoms with Gasteiger partial charge in [-0.25, -0.2) is 4.90 Å². The molecule has 0 radical (unpaired) electrons. The summed E-state index contributed by atoms with van der Waals surface area (Å²) in [6.45, 7) is 3.69. The van der Waals surface area contributed by atoms with Crippen LogP contribution >= 0.6 is 15.9 Å². The number of halogens is 1. The average Bonchev–Trinajstić information content (AvgIpc) is 3.20. The van der Waals surface area contributed by atoms with Crippen molar-refractivity contribution in [2.75, 3.05) is 18.0 Å². The summed E-state index contributed by atoms with van der Waals surface area (Å²) in [5.74, 6) is -1.06. The Morgan fingerprint density at radius 1 is 0.865 bits per heavy atom. The second-order valence-corrected chi connectivity index (χ2v) is 12.2. The van der Waals surface area contributed by atoms with Crippen molar-refractivity contribution in [3.63, 3.8) is 0 Å². The van der Waals surface area contributed by atoms with Crippen LogP contribution in [0.15, 0.2) is 72.8 Å². The van der Waals surface area contributed by atoms with Gasteiger partial charge in [-0.1, -0.05) is 77.5 Å². The third-order valence-electron chi connectivity index (χ3n) is 8.94. The Labute approximate surface area is 224 Å². The van der Waals surface area contributed by atoms with Crippen molar-refractivity contribution in [3.05, 3.63) is 101 Å². The third kappa shape index (κ3) is 3.05. The summed E-state index contributed by atoms with van der Waals surface area (Å²) >= 11 is 4.04. The molecule has 2 atom stereocenters. The summed E-state index contributed by atoms with van der Waals surface area (Å²) in [4.78, 5) is 44.8. The van der Waals surface area contributed by atoms with E-state index >= 15 is 0 Å². The van der Waals surface area contributed by atoms with Gasteiger partial charge < -0.3 is 4.90 Å². The van der Waals surface area contributed by atoms with E-state index in [1.807, 2.05) is 29.2 Å². The first-order valence-electron chi connectivity index (χ1n) is 13.1. The van der Waals surface area contributed by atoms with Crippen LogP contribution in [0.3, 0.4) is 0 Å². The number of carbonyl (C=O) groups excluding carboxylic acids is 3. The van der Waals surface area contributed by atoms with Crippen LogP contribution in [-0.2, 0) is 13.9 Å². The van der Waals surface area contributed by atoms with E-state index in [4.69, 9.17) is 0 Å². The molecule has 3 aromatic carbocycles. The molecular formula is C31H27BrN2O3. The Balaban J connectivity index is 1.30. The molecule has 2 bridgehead atoms. The van der Waals surface area contributed by atoms with Crippen LogP contribution in [0.2, 0.25) is 0 Å². The number of likely N-dealkylation sites (tertiary alicyclic amines) is 1. The van der Waals surface area contributed by atoms with Crippen molar-refractivity contribution in [1.29, 1.82) is 0 Å². The van der Waals surface area contributed by atoms with Gasteiger partial charge in [-0.2, -0.15) is 0 Å². The maximum Gasteiger partial charge on any atom is 0.253 e. The quantitative estimate of drug-likeness (QED) is 0.312. The number of alkyl halides is 1. The molecule has 2 fully saturated rings. The number of benzene rings is 3. The summed E-state index contributed by atoms with van der Waals surface area (Å²) in [6, 6.07) is 23.4. The lowest BCUT2D eigenvalue weighted by molar-refractivity contribution is -0.122. The number of imide groups is 1. The van der Waals surface area contributed by atoms with E-state index in [-0.39, 0.29) is 23.6 Å². The summed E-state index contributed by atoms with van der Waals surface area (Å²) in [6.07, 6.45) is 1.99. The molecule has 3 aromatic rings. The molecule has 0 spiro atoms. The summed E-state index contributed by atoms with van der Waals surface area (Å²) < 4.78 is -0.779. The Morgan fingerprint density at radius 2 is 1.49 bits per heavy atom. The van der Waals surface area contributed by atoms with Gasteiger partial charge in [0.15, 0.2) is 0 Å². The number of nitrogens with zero attached hydrogens (tertiary/aromatic N) is 2. The van der Waals surface area contributed by atoms with Crippen molar-refractivity contribution in [3.8, 4) is 0 Å². The smallest absolute Gasteiger partial charge is 0.253 e. The van der Waals surface area contributed by atoms with E-state index in [9.17, 15) is 14.4 Å². The molecule has 3 aliphatic carbocycles. The van der Waals surface area contributed by atoms with E-state index in [1.165, 1.54) is 4.90 Å². The van der Waals surface area contributed by atoms with Gasteiger partial charge in [0.2, 0.25) is 11.8 Å². The topological polar surface area (TPSA) is 57.7 Å². The Morgan fingerprint density at radius 3 is 2.14 bits per heavy atom. The van der Waals surface area contributed by atoms with Gasteiger partial charge in [-0.3, -0.25) is 14.4 Å². The van der Waals surface area contributed by atoms with Gasteiger partial charge in [0.1, 0.15) is 0 Å². The SMILES string of the molecule is CC1CCN(C(=O)c2cccc(N3C(=O)[C@@H]4C5c6ccccc6C(Br)(c6ccccc65)[C@@H]4C3=O)c2)CC1. The molecule has 0 saturated carbocycles.